The van der Waals surface area contributed by atoms with Gasteiger partial charge in [0.2, 0.25) is 0 Å². The van der Waals surface area contributed by atoms with Gasteiger partial charge in [0.25, 0.3) is 0 Å². The Balaban J connectivity index is 1.29. The van der Waals surface area contributed by atoms with Gasteiger partial charge in [-0.05, 0) is 47.5 Å². The van der Waals surface area contributed by atoms with Gasteiger partial charge in [0.05, 0.1) is 11.4 Å². The molecule has 0 aromatic heterocycles. The molecule has 5 aromatic rings. The van der Waals surface area contributed by atoms with E-state index in [-0.39, 0.29) is 12.1 Å². The topological polar surface area (TPSA) is 82.3 Å². The van der Waals surface area contributed by atoms with Crippen LogP contribution < -0.4 is 21.3 Å². The van der Waals surface area contributed by atoms with Crippen molar-refractivity contribution in [3.8, 4) is 0 Å². The van der Waals surface area contributed by atoms with Gasteiger partial charge in [0, 0.05) is 22.1 Å². The van der Waals surface area contributed by atoms with Gasteiger partial charge in [-0.25, -0.2) is 9.59 Å². The Bertz CT molecular complexity index is 1440. The third kappa shape index (κ3) is 4.77. The lowest BCUT2D eigenvalue weighted by atomic mass is 10.1. The number of carbonyl (C=O) groups excluding carboxylic acids is 2. The minimum atomic E-state index is -0.359. The average molecular weight is 461 g/mol. The first kappa shape index (κ1) is 22.0. The number of hydrogen-bond acceptors (Lipinski definition) is 2. The minimum Gasteiger partial charge on any atom is -0.307 e. The predicted molar refractivity (Wildman–Crippen MR) is 144 cm³/mol. The molecule has 0 aliphatic heterocycles. The van der Waals surface area contributed by atoms with Gasteiger partial charge >= 0.3 is 12.1 Å². The molecule has 0 saturated heterocycles. The lowest BCUT2D eigenvalue weighted by molar-refractivity contribution is 0.261. The van der Waals surface area contributed by atoms with E-state index < -0.39 is 0 Å². The number of anilines is 4. The first-order chi connectivity index (χ1) is 17.1. The first-order valence-corrected chi connectivity index (χ1v) is 11.3. The van der Waals surface area contributed by atoms with Gasteiger partial charge in [-0.2, -0.15) is 0 Å². The molecule has 35 heavy (non-hydrogen) atoms. The van der Waals surface area contributed by atoms with Crippen molar-refractivity contribution in [2.24, 2.45) is 0 Å². The molecule has 0 saturated carbocycles. The van der Waals surface area contributed by atoms with Crippen LogP contribution in [0.1, 0.15) is 5.56 Å². The maximum Gasteiger partial charge on any atom is 0.323 e. The fourth-order valence-electron chi connectivity index (χ4n) is 4.13. The largest absolute Gasteiger partial charge is 0.323 e. The van der Waals surface area contributed by atoms with E-state index in [4.69, 9.17) is 0 Å². The zero-order valence-electron chi connectivity index (χ0n) is 19.1. The summed E-state index contributed by atoms with van der Waals surface area (Å²) in [5.74, 6) is 0. The molecule has 0 radical (unpaired) electrons. The second-order valence-corrected chi connectivity index (χ2v) is 8.19. The number of nitrogens with one attached hydrogen (secondary N) is 4. The van der Waals surface area contributed by atoms with Crippen molar-refractivity contribution in [1.29, 1.82) is 0 Å². The highest BCUT2D eigenvalue weighted by Crippen LogP contribution is 2.27. The summed E-state index contributed by atoms with van der Waals surface area (Å²) in [5, 5.41) is 15.6. The number of hydrogen-bond donors (Lipinski definition) is 4. The second kappa shape index (κ2) is 9.57. The third-order valence-electron chi connectivity index (χ3n) is 5.91. The highest BCUT2D eigenvalue weighted by atomic mass is 16.2. The van der Waals surface area contributed by atoms with E-state index in [1.807, 2.05) is 91.9 Å². The Labute approximate surface area is 203 Å². The number of rotatable bonds is 4. The van der Waals surface area contributed by atoms with Crippen molar-refractivity contribution in [1.82, 2.24) is 0 Å². The standard InChI is InChI=1S/C29H24N4O2/c1-19-24(30-28(34)32-26-17-6-11-20-9-2-4-13-22(20)26)15-8-16-25(19)31-29(35)33-27-18-7-12-21-10-3-5-14-23(21)27/h2-18H,1H3,(H2,30,32,34)(H2,31,33,35). The van der Waals surface area contributed by atoms with Crippen LogP contribution in [-0.2, 0) is 0 Å². The zero-order valence-corrected chi connectivity index (χ0v) is 19.1. The summed E-state index contributed by atoms with van der Waals surface area (Å²) in [6, 6.07) is 31.9. The number of amides is 4. The van der Waals surface area contributed by atoms with E-state index in [0.29, 0.717) is 11.4 Å². The average Bonchev–Trinajstić information content (AvgIpc) is 2.87. The summed E-state index contributed by atoms with van der Waals surface area (Å²) >= 11 is 0. The van der Waals surface area contributed by atoms with Crippen LogP contribution in [0, 0.1) is 6.92 Å². The normalized spacial score (nSPS) is 10.7. The fourth-order valence-corrected chi connectivity index (χ4v) is 4.13. The molecule has 4 amide bonds. The summed E-state index contributed by atoms with van der Waals surface area (Å²) in [6.45, 7) is 1.85. The van der Waals surface area contributed by atoms with Crippen LogP contribution in [0.4, 0.5) is 32.3 Å². The first-order valence-electron chi connectivity index (χ1n) is 11.3. The Kier molecular flexibility index (Phi) is 6.01. The molecule has 0 atom stereocenters. The van der Waals surface area contributed by atoms with Crippen LogP contribution in [-0.4, -0.2) is 12.1 Å². The highest BCUT2D eigenvalue weighted by Gasteiger charge is 2.12. The van der Waals surface area contributed by atoms with Gasteiger partial charge in [0.15, 0.2) is 0 Å². The lowest BCUT2D eigenvalue weighted by Crippen LogP contribution is -2.22. The quantitative estimate of drug-likeness (QED) is 0.223. The summed E-state index contributed by atoms with van der Waals surface area (Å²) < 4.78 is 0. The van der Waals surface area contributed by atoms with Crippen LogP contribution in [0.25, 0.3) is 21.5 Å². The monoisotopic (exact) mass is 460 g/mol. The van der Waals surface area contributed by atoms with Crippen LogP contribution in [0.2, 0.25) is 0 Å². The molecule has 6 heteroatoms. The van der Waals surface area contributed by atoms with Crippen molar-refractivity contribution in [2.75, 3.05) is 21.3 Å². The molecule has 0 aliphatic rings. The number of carbonyl (C=O) groups is 2. The van der Waals surface area contributed by atoms with E-state index in [2.05, 4.69) is 21.3 Å². The maximum atomic E-state index is 12.8. The smallest absolute Gasteiger partial charge is 0.307 e. The molecule has 0 aliphatic carbocycles. The molecule has 5 rings (SSSR count). The van der Waals surface area contributed by atoms with Crippen molar-refractivity contribution >= 4 is 56.4 Å². The molecule has 172 valence electrons. The van der Waals surface area contributed by atoms with Crippen LogP contribution >= 0.6 is 0 Å². The van der Waals surface area contributed by atoms with Gasteiger partial charge in [-0.15, -0.1) is 0 Å². The predicted octanol–water partition coefficient (Wildman–Crippen LogP) is 7.59. The number of urea groups is 2. The van der Waals surface area contributed by atoms with Gasteiger partial charge < -0.3 is 21.3 Å². The van der Waals surface area contributed by atoms with Gasteiger partial charge in [-0.1, -0.05) is 78.9 Å². The molecular weight excluding hydrogens is 436 g/mol. The zero-order chi connectivity index (χ0) is 24.2. The van der Waals surface area contributed by atoms with E-state index in [0.717, 1.165) is 38.5 Å². The summed E-state index contributed by atoms with van der Waals surface area (Å²) in [4.78, 5) is 25.5. The van der Waals surface area contributed by atoms with Crippen molar-refractivity contribution in [2.45, 2.75) is 6.92 Å². The molecule has 0 spiro atoms. The van der Waals surface area contributed by atoms with Gasteiger partial charge in [-0.3, -0.25) is 0 Å². The van der Waals surface area contributed by atoms with Crippen LogP contribution in [0.5, 0.6) is 0 Å². The van der Waals surface area contributed by atoms with Crippen molar-refractivity contribution in [3.05, 3.63) is 109 Å². The number of fused-ring (bicyclic) bond motifs is 2. The molecule has 0 heterocycles. The van der Waals surface area contributed by atoms with Gasteiger partial charge in [0.1, 0.15) is 0 Å². The van der Waals surface area contributed by atoms with Crippen molar-refractivity contribution in [3.63, 3.8) is 0 Å². The van der Waals surface area contributed by atoms with E-state index in [9.17, 15) is 9.59 Å². The summed E-state index contributed by atoms with van der Waals surface area (Å²) in [7, 11) is 0. The highest BCUT2D eigenvalue weighted by molar-refractivity contribution is 6.08. The minimum absolute atomic E-state index is 0.359. The third-order valence-corrected chi connectivity index (χ3v) is 5.91. The second-order valence-electron chi connectivity index (χ2n) is 8.19. The molecule has 6 nitrogen and oxygen atoms in total. The molecular formula is C29H24N4O2. The van der Waals surface area contributed by atoms with Crippen LogP contribution in [0.15, 0.2) is 103 Å². The molecule has 4 N–H and O–H groups in total. The lowest BCUT2D eigenvalue weighted by Gasteiger charge is -2.15. The fraction of sp³-hybridized carbons (Fsp3) is 0.0345. The van der Waals surface area contributed by atoms with E-state index >= 15 is 0 Å². The number of benzene rings is 5. The van der Waals surface area contributed by atoms with Crippen molar-refractivity contribution < 1.29 is 9.59 Å². The Hall–Kier alpha value is -4.84. The van der Waals surface area contributed by atoms with E-state index in [1.165, 1.54) is 0 Å². The summed E-state index contributed by atoms with van der Waals surface area (Å²) in [6.07, 6.45) is 0. The maximum absolute atomic E-state index is 12.8. The molecule has 0 unspecified atom stereocenters. The molecule has 0 fully saturated rings. The Morgan fingerprint density at radius 3 is 1.29 bits per heavy atom. The SMILES string of the molecule is Cc1c(NC(=O)Nc2cccc3ccccc23)cccc1NC(=O)Nc1cccc2ccccc12. The van der Waals surface area contributed by atoms with Crippen LogP contribution in [0.3, 0.4) is 0 Å². The Morgan fingerprint density at radius 1 is 0.457 bits per heavy atom. The molecule has 0 bridgehead atoms. The summed E-state index contributed by atoms with van der Waals surface area (Å²) in [5.41, 5.74) is 3.40. The molecule has 5 aromatic carbocycles. The van der Waals surface area contributed by atoms with E-state index in [1.54, 1.807) is 18.2 Å². The Morgan fingerprint density at radius 2 is 0.800 bits per heavy atom.